The van der Waals surface area contributed by atoms with E-state index >= 15 is 0 Å². The van der Waals surface area contributed by atoms with Gasteiger partial charge in [0.2, 0.25) is 11.9 Å². The summed E-state index contributed by atoms with van der Waals surface area (Å²) in [7, 11) is 1.80. The molecule has 0 spiro atoms. The van der Waals surface area contributed by atoms with Crippen molar-refractivity contribution in [2.24, 2.45) is 7.05 Å². The van der Waals surface area contributed by atoms with Crippen LogP contribution < -0.4 is 10.6 Å². The molecule has 0 atom stereocenters. The van der Waals surface area contributed by atoms with Crippen molar-refractivity contribution in [1.82, 2.24) is 35.1 Å². The Hall–Kier alpha value is -3.07. The van der Waals surface area contributed by atoms with Gasteiger partial charge in [0.05, 0.1) is 23.5 Å². The summed E-state index contributed by atoms with van der Waals surface area (Å²) in [5, 5.41) is 19.0. The molecule has 2 aromatic heterocycles. The number of benzene rings is 1. The standard InChI is InChI=1S/C19H24N8O/c1-13-16(23-25-27(13)15-6-4-3-5-7-15)12-17(28)21-19-22-18(24-26(19)2)14-8-10-20-11-9-14/h3-7,14,20H,8-12H2,1-2H3,(H,21,22,24,28). The maximum atomic E-state index is 12.5. The number of hydrogen-bond acceptors (Lipinski definition) is 6. The predicted octanol–water partition coefficient (Wildman–Crippen LogP) is 1.35. The molecule has 28 heavy (non-hydrogen) atoms. The van der Waals surface area contributed by atoms with E-state index in [2.05, 4.69) is 31.0 Å². The van der Waals surface area contributed by atoms with E-state index in [0.717, 1.165) is 43.1 Å². The number of amides is 1. The summed E-state index contributed by atoms with van der Waals surface area (Å²) < 4.78 is 3.36. The zero-order valence-electron chi connectivity index (χ0n) is 16.1. The van der Waals surface area contributed by atoms with Crippen LogP contribution in [-0.4, -0.2) is 48.8 Å². The van der Waals surface area contributed by atoms with Crippen molar-refractivity contribution < 1.29 is 4.79 Å². The minimum absolute atomic E-state index is 0.133. The first kappa shape index (κ1) is 18.3. The lowest BCUT2D eigenvalue weighted by atomic mass is 9.98. The second-order valence-corrected chi connectivity index (χ2v) is 7.04. The van der Waals surface area contributed by atoms with Crippen LogP contribution in [0.15, 0.2) is 30.3 Å². The monoisotopic (exact) mass is 380 g/mol. The van der Waals surface area contributed by atoms with Crippen molar-refractivity contribution in [3.05, 3.63) is 47.5 Å². The van der Waals surface area contributed by atoms with Crippen LogP contribution in [0.2, 0.25) is 0 Å². The van der Waals surface area contributed by atoms with Gasteiger partial charge in [0.25, 0.3) is 0 Å². The highest BCUT2D eigenvalue weighted by molar-refractivity contribution is 5.90. The Labute approximate surface area is 163 Å². The first-order chi connectivity index (χ1) is 13.6. The Bertz CT molecular complexity index is 956. The maximum Gasteiger partial charge on any atom is 0.232 e. The number of nitrogens with zero attached hydrogens (tertiary/aromatic N) is 6. The first-order valence-electron chi connectivity index (χ1n) is 9.50. The van der Waals surface area contributed by atoms with E-state index in [1.54, 1.807) is 16.4 Å². The Balaban J connectivity index is 1.44. The number of aromatic nitrogens is 6. The van der Waals surface area contributed by atoms with Gasteiger partial charge in [0.15, 0.2) is 5.82 Å². The van der Waals surface area contributed by atoms with E-state index < -0.39 is 0 Å². The normalized spacial score (nSPS) is 14.9. The summed E-state index contributed by atoms with van der Waals surface area (Å²) in [5.41, 5.74) is 2.40. The molecule has 2 N–H and O–H groups in total. The number of piperidine rings is 1. The molecular weight excluding hydrogens is 356 g/mol. The topological polar surface area (TPSA) is 103 Å². The molecule has 1 aliphatic heterocycles. The van der Waals surface area contributed by atoms with E-state index in [1.165, 1.54) is 0 Å². The molecule has 9 nitrogen and oxygen atoms in total. The highest BCUT2D eigenvalue weighted by atomic mass is 16.1. The molecule has 4 rings (SSSR count). The number of anilines is 1. The minimum Gasteiger partial charge on any atom is -0.317 e. The van der Waals surface area contributed by atoms with Crippen LogP contribution in [-0.2, 0) is 18.3 Å². The minimum atomic E-state index is -0.185. The Kier molecular flexibility index (Phi) is 5.16. The van der Waals surface area contributed by atoms with Crippen LogP contribution in [0.4, 0.5) is 5.95 Å². The molecular formula is C19H24N8O. The third-order valence-electron chi connectivity index (χ3n) is 5.05. The van der Waals surface area contributed by atoms with E-state index in [-0.39, 0.29) is 12.3 Å². The van der Waals surface area contributed by atoms with Crippen molar-refractivity contribution in [2.45, 2.75) is 32.1 Å². The van der Waals surface area contributed by atoms with Gasteiger partial charge in [-0.15, -0.1) is 5.10 Å². The molecule has 1 fully saturated rings. The number of rotatable bonds is 5. The van der Waals surface area contributed by atoms with Gasteiger partial charge >= 0.3 is 0 Å². The number of hydrogen-bond donors (Lipinski definition) is 2. The van der Waals surface area contributed by atoms with Crippen molar-refractivity contribution >= 4 is 11.9 Å². The van der Waals surface area contributed by atoms with Gasteiger partial charge in [-0.2, -0.15) is 10.1 Å². The van der Waals surface area contributed by atoms with Crippen LogP contribution in [0.1, 0.15) is 36.0 Å². The second-order valence-electron chi connectivity index (χ2n) is 7.04. The smallest absolute Gasteiger partial charge is 0.232 e. The number of carbonyl (C=O) groups is 1. The summed E-state index contributed by atoms with van der Waals surface area (Å²) >= 11 is 0. The number of aryl methyl sites for hydroxylation is 1. The van der Waals surface area contributed by atoms with Crippen molar-refractivity contribution in [3.63, 3.8) is 0 Å². The second kappa shape index (κ2) is 7.89. The predicted molar refractivity (Wildman–Crippen MR) is 104 cm³/mol. The van der Waals surface area contributed by atoms with Crippen molar-refractivity contribution in [3.8, 4) is 5.69 Å². The molecule has 0 bridgehead atoms. The SMILES string of the molecule is Cc1c(CC(=O)Nc2nc(C3CCNCC3)nn2C)nnn1-c1ccccc1. The highest BCUT2D eigenvalue weighted by Gasteiger charge is 2.22. The Morgan fingerprint density at radius 2 is 2.00 bits per heavy atom. The van der Waals surface area contributed by atoms with Crippen LogP contribution >= 0.6 is 0 Å². The number of nitrogens with one attached hydrogen (secondary N) is 2. The van der Waals surface area contributed by atoms with Gasteiger partial charge < -0.3 is 5.32 Å². The quantitative estimate of drug-likeness (QED) is 0.693. The summed E-state index contributed by atoms with van der Waals surface area (Å²) in [5.74, 6) is 1.42. The third-order valence-corrected chi connectivity index (χ3v) is 5.05. The number of para-hydroxylation sites is 1. The molecule has 0 unspecified atom stereocenters. The molecule has 0 radical (unpaired) electrons. The fourth-order valence-corrected chi connectivity index (χ4v) is 3.43. The first-order valence-corrected chi connectivity index (χ1v) is 9.50. The third kappa shape index (κ3) is 3.79. The molecule has 0 saturated carbocycles. The van der Waals surface area contributed by atoms with Gasteiger partial charge in [0.1, 0.15) is 0 Å². The van der Waals surface area contributed by atoms with E-state index in [1.807, 2.05) is 37.3 Å². The largest absolute Gasteiger partial charge is 0.317 e. The molecule has 1 saturated heterocycles. The number of carbonyl (C=O) groups excluding carboxylic acids is 1. The Morgan fingerprint density at radius 3 is 2.75 bits per heavy atom. The van der Waals surface area contributed by atoms with Crippen molar-refractivity contribution in [1.29, 1.82) is 0 Å². The fraction of sp³-hybridized carbons (Fsp3) is 0.421. The molecule has 3 heterocycles. The fourth-order valence-electron chi connectivity index (χ4n) is 3.43. The summed E-state index contributed by atoms with van der Waals surface area (Å²) in [4.78, 5) is 17.1. The molecule has 146 valence electrons. The van der Waals surface area contributed by atoms with Gasteiger partial charge in [-0.05, 0) is 45.0 Å². The lowest BCUT2D eigenvalue weighted by molar-refractivity contribution is -0.115. The lowest BCUT2D eigenvalue weighted by Gasteiger charge is -2.19. The average Bonchev–Trinajstić information content (AvgIpc) is 3.26. The van der Waals surface area contributed by atoms with Gasteiger partial charge in [-0.1, -0.05) is 23.4 Å². The molecule has 1 aromatic carbocycles. The van der Waals surface area contributed by atoms with E-state index in [9.17, 15) is 4.79 Å². The van der Waals surface area contributed by atoms with E-state index in [0.29, 0.717) is 17.6 Å². The summed E-state index contributed by atoms with van der Waals surface area (Å²) in [6.07, 6.45) is 2.16. The zero-order valence-corrected chi connectivity index (χ0v) is 16.1. The Morgan fingerprint density at radius 1 is 1.25 bits per heavy atom. The molecule has 3 aromatic rings. The van der Waals surface area contributed by atoms with Crippen LogP contribution in [0.5, 0.6) is 0 Å². The molecule has 0 aliphatic carbocycles. The molecule has 9 heteroatoms. The van der Waals surface area contributed by atoms with Gasteiger partial charge in [-0.25, -0.2) is 9.36 Å². The van der Waals surface area contributed by atoms with Crippen LogP contribution in [0, 0.1) is 6.92 Å². The summed E-state index contributed by atoms with van der Waals surface area (Å²) in [6, 6.07) is 9.73. The van der Waals surface area contributed by atoms with Crippen molar-refractivity contribution in [2.75, 3.05) is 18.4 Å². The van der Waals surface area contributed by atoms with Crippen LogP contribution in [0.25, 0.3) is 5.69 Å². The van der Waals surface area contributed by atoms with Gasteiger partial charge in [0, 0.05) is 13.0 Å². The maximum absolute atomic E-state index is 12.5. The lowest BCUT2D eigenvalue weighted by Crippen LogP contribution is -2.27. The molecule has 1 amide bonds. The summed E-state index contributed by atoms with van der Waals surface area (Å²) in [6.45, 7) is 3.86. The van der Waals surface area contributed by atoms with E-state index in [4.69, 9.17) is 0 Å². The van der Waals surface area contributed by atoms with Crippen LogP contribution in [0.3, 0.4) is 0 Å². The average molecular weight is 380 g/mol. The highest BCUT2D eigenvalue weighted by Crippen LogP contribution is 2.23. The molecule has 1 aliphatic rings. The zero-order chi connectivity index (χ0) is 19.5. The van der Waals surface area contributed by atoms with Gasteiger partial charge in [-0.3, -0.25) is 10.1 Å².